The molecule has 0 saturated carbocycles. The zero-order valence-corrected chi connectivity index (χ0v) is 32.1. The summed E-state index contributed by atoms with van der Waals surface area (Å²) in [4.78, 5) is 15.0. The van der Waals surface area contributed by atoms with Crippen molar-refractivity contribution in [3.8, 4) is 39.7 Å². The van der Waals surface area contributed by atoms with E-state index in [1.165, 1.54) is 5.56 Å². The fraction of sp³-hybridized carbons (Fsp3) is 0.0851. The van der Waals surface area contributed by atoms with Crippen LogP contribution in [0.2, 0.25) is 0 Å². The maximum Gasteiger partial charge on any atom is 2.00 e. The molecule has 7 heteroatoms. The van der Waals surface area contributed by atoms with E-state index in [2.05, 4.69) is 121 Å². The smallest absolute Gasteiger partial charge is 0.503 e. The van der Waals surface area contributed by atoms with Gasteiger partial charge >= 0.3 is 21.1 Å². The SMILES string of the molecule is CC(C)(C)c1ccc2c3cccnc3n(-c3[c-]c(Oc4[c-]c5c(cc4)c4ncccc4n4c(-c6ccccc6)c(-c6ccccc6)nc54)ccc3)c2c1.[Pt+2]. The maximum absolute atomic E-state index is 6.59. The van der Waals surface area contributed by atoms with Gasteiger partial charge in [-0.15, -0.1) is 24.3 Å². The zero-order chi connectivity index (χ0) is 35.7. The summed E-state index contributed by atoms with van der Waals surface area (Å²) in [6, 6.07) is 52.8. The summed E-state index contributed by atoms with van der Waals surface area (Å²) >= 11 is 0. The standard InChI is InChI=1S/C47H33N5O.Pt/c1-47(2,3)32-21-23-36-38-19-11-26-49-45(38)51(41(36)27-32)33-17-10-18-34(28-33)53-35-22-24-37-39(29-35)46-50-42(30-13-6-4-7-14-30)44(31-15-8-5-9-16-31)52(46)40-20-12-25-48-43(37)40;/h4-27H,1-3H3;/q-2;+2. The molecule has 0 aliphatic carbocycles. The largest absolute Gasteiger partial charge is 2.00 e. The predicted octanol–water partition coefficient (Wildman–Crippen LogP) is 11.5. The number of rotatable bonds is 5. The Balaban J connectivity index is 0.00000384. The van der Waals surface area contributed by atoms with Gasteiger partial charge in [-0.1, -0.05) is 122 Å². The molecule has 0 saturated heterocycles. The molecule has 0 fully saturated rings. The number of hydrogen-bond acceptors (Lipinski definition) is 4. The Labute approximate surface area is 327 Å². The van der Waals surface area contributed by atoms with Gasteiger partial charge in [-0.25, -0.2) is 4.98 Å². The molecule has 5 aromatic carbocycles. The minimum absolute atomic E-state index is 0. The first-order valence-corrected chi connectivity index (χ1v) is 17.8. The average molecular weight is 879 g/mol. The third-order valence-electron chi connectivity index (χ3n) is 10.0. The monoisotopic (exact) mass is 878 g/mol. The second kappa shape index (κ2) is 13.1. The normalized spacial score (nSPS) is 11.8. The summed E-state index contributed by atoms with van der Waals surface area (Å²) in [5.41, 5.74) is 10.7. The molecule has 0 aliphatic rings. The molecule has 10 rings (SSSR count). The second-order valence-electron chi connectivity index (χ2n) is 14.4. The molecule has 54 heavy (non-hydrogen) atoms. The third kappa shape index (κ3) is 5.48. The molecule has 0 amide bonds. The Morgan fingerprint density at radius 1 is 0.593 bits per heavy atom. The summed E-state index contributed by atoms with van der Waals surface area (Å²) < 4.78 is 11.0. The fourth-order valence-corrected chi connectivity index (χ4v) is 7.47. The molecular formula is C47H33N5OPt. The molecule has 0 bridgehead atoms. The average Bonchev–Trinajstić information content (AvgIpc) is 3.76. The number of aromatic nitrogens is 5. The summed E-state index contributed by atoms with van der Waals surface area (Å²) in [6.45, 7) is 6.71. The van der Waals surface area contributed by atoms with Gasteiger partial charge in [-0.3, -0.25) is 9.97 Å². The van der Waals surface area contributed by atoms with Crippen molar-refractivity contribution in [2.45, 2.75) is 26.2 Å². The number of imidazole rings is 1. The van der Waals surface area contributed by atoms with Gasteiger partial charge in [-0.05, 0) is 46.9 Å². The minimum Gasteiger partial charge on any atom is -0.503 e. The number of nitrogens with zero attached hydrogens (tertiary/aromatic N) is 5. The Hall–Kier alpha value is -6.10. The Morgan fingerprint density at radius 2 is 1.31 bits per heavy atom. The predicted molar refractivity (Wildman–Crippen MR) is 214 cm³/mol. The fourth-order valence-electron chi connectivity index (χ4n) is 7.47. The molecule has 6 nitrogen and oxygen atoms in total. The minimum atomic E-state index is -0.00563. The van der Waals surface area contributed by atoms with Crippen LogP contribution in [0, 0.1) is 12.1 Å². The summed E-state index contributed by atoms with van der Waals surface area (Å²) in [5, 5.41) is 4.02. The molecule has 0 radical (unpaired) electrons. The molecule has 10 aromatic rings. The van der Waals surface area contributed by atoms with E-state index in [-0.39, 0.29) is 26.5 Å². The van der Waals surface area contributed by atoms with Crippen LogP contribution < -0.4 is 4.74 Å². The molecule has 0 unspecified atom stereocenters. The van der Waals surface area contributed by atoms with Crippen molar-refractivity contribution >= 4 is 49.4 Å². The molecule has 5 aromatic heterocycles. The van der Waals surface area contributed by atoms with Gasteiger partial charge < -0.3 is 13.7 Å². The molecule has 0 atom stereocenters. The second-order valence-corrected chi connectivity index (χ2v) is 14.4. The van der Waals surface area contributed by atoms with Crippen LogP contribution >= 0.6 is 0 Å². The van der Waals surface area contributed by atoms with Gasteiger partial charge in [0.1, 0.15) is 5.65 Å². The number of pyridine rings is 3. The van der Waals surface area contributed by atoms with Crippen LogP contribution in [0.4, 0.5) is 0 Å². The van der Waals surface area contributed by atoms with Gasteiger partial charge in [0.25, 0.3) is 0 Å². The van der Waals surface area contributed by atoms with Gasteiger partial charge in [0.2, 0.25) is 0 Å². The molecule has 5 heterocycles. The number of fused-ring (bicyclic) bond motifs is 9. The summed E-state index contributed by atoms with van der Waals surface area (Å²) in [7, 11) is 0. The van der Waals surface area contributed by atoms with E-state index in [1.54, 1.807) is 0 Å². The van der Waals surface area contributed by atoms with Crippen molar-refractivity contribution in [2.75, 3.05) is 0 Å². The van der Waals surface area contributed by atoms with E-state index in [4.69, 9.17) is 19.7 Å². The summed E-state index contributed by atoms with van der Waals surface area (Å²) in [6.07, 6.45) is 3.68. The molecule has 262 valence electrons. The van der Waals surface area contributed by atoms with Crippen LogP contribution in [0.15, 0.2) is 146 Å². The molecule has 0 aliphatic heterocycles. The van der Waals surface area contributed by atoms with Crippen molar-refractivity contribution < 1.29 is 25.8 Å². The van der Waals surface area contributed by atoms with Crippen molar-refractivity contribution in [3.63, 3.8) is 0 Å². The van der Waals surface area contributed by atoms with Gasteiger partial charge in [0.15, 0.2) is 0 Å². The van der Waals surface area contributed by atoms with Gasteiger partial charge in [0.05, 0.1) is 33.6 Å². The Morgan fingerprint density at radius 3 is 2.11 bits per heavy atom. The molecule has 0 N–H and O–H groups in total. The van der Waals surface area contributed by atoms with Crippen LogP contribution in [-0.4, -0.2) is 23.9 Å². The van der Waals surface area contributed by atoms with E-state index in [1.807, 2.05) is 67.0 Å². The Kier molecular flexibility index (Phi) is 8.17. The van der Waals surface area contributed by atoms with Crippen LogP contribution in [0.25, 0.3) is 77.6 Å². The van der Waals surface area contributed by atoms with Crippen LogP contribution in [0.5, 0.6) is 11.5 Å². The molecular weight excluding hydrogens is 846 g/mol. The van der Waals surface area contributed by atoms with E-state index in [0.29, 0.717) is 11.5 Å². The first-order valence-electron chi connectivity index (χ1n) is 17.8. The topological polar surface area (TPSA) is 57.2 Å². The van der Waals surface area contributed by atoms with E-state index in [0.717, 1.165) is 77.6 Å². The maximum atomic E-state index is 6.59. The zero-order valence-electron chi connectivity index (χ0n) is 29.8. The van der Waals surface area contributed by atoms with Crippen LogP contribution in [0.3, 0.4) is 0 Å². The number of benzene rings is 5. The van der Waals surface area contributed by atoms with Crippen molar-refractivity contribution in [1.82, 2.24) is 23.9 Å². The number of hydrogen-bond donors (Lipinski definition) is 0. The van der Waals surface area contributed by atoms with E-state index in [9.17, 15) is 0 Å². The van der Waals surface area contributed by atoms with Crippen molar-refractivity contribution in [1.29, 1.82) is 0 Å². The Bertz CT molecular complexity index is 3020. The van der Waals surface area contributed by atoms with Crippen LogP contribution in [0.1, 0.15) is 26.3 Å². The van der Waals surface area contributed by atoms with E-state index < -0.39 is 0 Å². The number of ether oxygens (including phenoxy) is 1. The first-order chi connectivity index (χ1) is 25.9. The third-order valence-corrected chi connectivity index (χ3v) is 10.0. The van der Waals surface area contributed by atoms with E-state index >= 15 is 0 Å². The first kappa shape index (κ1) is 33.7. The van der Waals surface area contributed by atoms with Gasteiger partial charge in [-0.2, -0.15) is 6.07 Å². The van der Waals surface area contributed by atoms with Crippen molar-refractivity contribution in [3.05, 3.63) is 164 Å². The molecule has 0 spiro atoms. The summed E-state index contributed by atoms with van der Waals surface area (Å²) in [5.74, 6) is 1.13. The van der Waals surface area contributed by atoms with Gasteiger partial charge in [0, 0.05) is 40.2 Å². The van der Waals surface area contributed by atoms with Crippen molar-refractivity contribution in [2.24, 2.45) is 0 Å². The quantitative estimate of drug-likeness (QED) is 0.128. The van der Waals surface area contributed by atoms with Crippen LogP contribution in [-0.2, 0) is 26.5 Å².